The van der Waals surface area contributed by atoms with Gasteiger partial charge in [0, 0.05) is 5.69 Å². The largest absolute Gasteiger partial charge is 0.444 e. The summed E-state index contributed by atoms with van der Waals surface area (Å²) in [6.45, 7) is 7.53. The van der Waals surface area contributed by atoms with Gasteiger partial charge in [0.15, 0.2) is 0 Å². The highest BCUT2D eigenvalue weighted by Gasteiger charge is 2.15. The van der Waals surface area contributed by atoms with Crippen molar-refractivity contribution in [1.82, 2.24) is 9.97 Å². The molecule has 0 amide bonds. The zero-order chi connectivity index (χ0) is 14.0. The molecule has 19 heavy (non-hydrogen) atoms. The summed E-state index contributed by atoms with van der Waals surface area (Å²) in [6.07, 6.45) is 1.68. The second-order valence-corrected chi connectivity index (χ2v) is 4.56. The van der Waals surface area contributed by atoms with E-state index >= 15 is 0 Å². The van der Waals surface area contributed by atoms with Crippen LogP contribution >= 0.6 is 0 Å². The molecule has 0 spiro atoms. The molecule has 0 saturated heterocycles. The zero-order valence-corrected chi connectivity index (χ0v) is 11.5. The maximum absolute atomic E-state index is 9.21. The summed E-state index contributed by atoms with van der Waals surface area (Å²) >= 11 is 0. The fraction of sp³-hybridized carbons (Fsp3) is 0.357. The van der Waals surface area contributed by atoms with Gasteiger partial charge in [-0.05, 0) is 33.8 Å². The Bertz CT molecular complexity index is 639. The van der Waals surface area contributed by atoms with E-state index < -0.39 is 0 Å². The molecule has 98 valence electrons. The van der Waals surface area contributed by atoms with E-state index in [1.807, 2.05) is 33.8 Å². The fourth-order valence-electron chi connectivity index (χ4n) is 1.95. The van der Waals surface area contributed by atoms with E-state index in [0.717, 1.165) is 22.8 Å². The predicted molar refractivity (Wildman–Crippen MR) is 71.7 cm³/mol. The van der Waals surface area contributed by atoms with Crippen LogP contribution in [0.1, 0.15) is 41.6 Å². The standard InChI is InChI=1S/C14H16N4O/c1-8-5-13(12(6-15)10(3)17-8)18-11(4)14-16-7-9(2)19-14/h5,7,11H,1-4H3,(H,17,18). The monoisotopic (exact) mass is 256 g/mol. The van der Waals surface area contributed by atoms with Gasteiger partial charge < -0.3 is 9.73 Å². The van der Waals surface area contributed by atoms with Crippen molar-refractivity contribution in [1.29, 1.82) is 5.26 Å². The van der Waals surface area contributed by atoms with Crippen LogP contribution in [0.3, 0.4) is 0 Å². The maximum atomic E-state index is 9.21. The SMILES string of the molecule is Cc1cc(NC(C)c2ncc(C)o2)c(C#N)c(C)n1. The van der Waals surface area contributed by atoms with Crippen molar-refractivity contribution in [2.45, 2.75) is 33.7 Å². The van der Waals surface area contributed by atoms with Crippen molar-refractivity contribution in [3.05, 3.63) is 40.9 Å². The second-order valence-electron chi connectivity index (χ2n) is 4.56. The molecule has 5 heteroatoms. The number of hydrogen-bond acceptors (Lipinski definition) is 5. The van der Waals surface area contributed by atoms with Crippen LogP contribution in [0.15, 0.2) is 16.7 Å². The molecular weight excluding hydrogens is 240 g/mol. The first kappa shape index (κ1) is 13.1. The molecule has 1 atom stereocenters. The molecule has 1 N–H and O–H groups in total. The molecule has 0 aliphatic heterocycles. The Hall–Kier alpha value is -2.35. The van der Waals surface area contributed by atoms with E-state index in [9.17, 15) is 5.26 Å². The molecule has 0 radical (unpaired) electrons. The van der Waals surface area contributed by atoms with Gasteiger partial charge in [-0.3, -0.25) is 4.98 Å². The first-order valence-corrected chi connectivity index (χ1v) is 6.08. The summed E-state index contributed by atoms with van der Waals surface area (Å²) in [5.41, 5.74) is 2.91. The summed E-state index contributed by atoms with van der Waals surface area (Å²) in [6, 6.07) is 3.93. The summed E-state index contributed by atoms with van der Waals surface area (Å²) in [5, 5.41) is 12.5. The van der Waals surface area contributed by atoms with Gasteiger partial charge in [0.1, 0.15) is 17.9 Å². The number of aromatic nitrogens is 2. The van der Waals surface area contributed by atoms with Gasteiger partial charge in [-0.15, -0.1) is 0 Å². The first-order chi connectivity index (χ1) is 9.01. The Labute approximate surface area is 112 Å². The minimum Gasteiger partial charge on any atom is -0.444 e. The third-order valence-corrected chi connectivity index (χ3v) is 2.82. The van der Waals surface area contributed by atoms with Crippen molar-refractivity contribution < 1.29 is 4.42 Å². The number of aryl methyl sites for hydroxylation is 3. The Morgan fingerprint density at radius 2 is 2.11 bits per heavy atom. The molecule has 2 rings (SSSR count). The van der Waals surface area contributed by atoms with Crippen molar-refractivity contribution in [3.8, 4) is 6.07 Å². The van der Waals surface area contributed by atoms with Gasteiger partial charge in [-0.25, -0.2) is 4.98 Å². The zero-order valence-electron chi connectivity index (χ0n) is 11.5. The molecule has 0 aromatic carbocycles. The number of pyridine rings is 1. The van der Waals surface area contributed by atoms with Crippen molar-refractivity contribution >= 4 is 5.69 Å². The van der Waals surface area contributed by atoms with Crippen molar-refractivity contribution in [2.24, 2.45) is 0 Å². The average molecular weight is 256 g/mol. The van der Waals surface area contributed by atoms with Crippen molar-refractivity contribution in [3.63, 3.8) is 0 Å². The normalized spacial score (nSPS) is 11.9. The van der Waals surface area contributed by atoms with Crippen LogP contribution in [0, 0.1) is 32.1 Å². The second kappa shape index (κ2) is 5.11. The summed E-state index contributed by atoms with van der Waals surface area (Å²) in [7, 11) is 0. The van der Waals surface area contributed by atoms with Crippen LogP contribution in [-0.2, 0) is 0 Å². The Kier molecular flexibility index (Phi) is 3.52. The van der Waals surface area contributed by atoms with Gasteiger partial charge in [0.05, 0.1) is 23.1 Å². The molecule has 1 unspecified atom stereocenters. The maximum Gasteiger partial charge on any atom is 0.216 e. The third kappa shape index (κ3) is 2.74. The minimum absolute atomic E-state index is 0.109. The van der Waals surface area contributed by atoms with Crippen LogP contribution in [0.4, 0.5) is 5.69 Å². The van der Waals surface area contributed by atoms with Gasteiger partial charge >= 0.3 is 0 Å². The lowest BCUT2D eigenvalue weighted by atomic mass is 10.1. The summed E-state index contributed by atoms with van der Waals surface area (Å²) in [5.74, 6) is 1.37. The van der Waals surface area contributed by atoms with Gasteiger partial charge in [-0.1, -0.05) is 0 Å². The number of oxazole rings is 1. The van der Waals surface area contributed by atoms with Gasteiger partial charge in [0.2, 0.25) is 5.89 Å². The van der Waals surface area contributed by atoms with E-state index in [1.165, 1.54) is 0 Å². The number of rotatable bonds is 3. The molecule has 0 aliphatic carbocycles. The lowest BCUT2D eigenvalue weighted by molar-refractivity contribution is 0.453. The Morgan fingerprint density at radius 1 is 1.37 bits per heavy atom. The first-order valence-electron chi connectivity index (χ1n) is 6.08. The van der Waals surface area contributed by atoms with E-state index in [4.69, 9.17) is 4.42 Å². The average Bonchev–Trinajstić information content (AvgIpc) is 2.75. The molecule has 5 nitrogen and oxygen atoms in total. The summed E-state index contributed by atoms with van der Waals surface area (Å²) in [4.78, 5) is 8.47. The minimum atomic E-state index is -0.109. The molecule has 2 heterocycles. The number of nitrogens with zero attached hydrogens (tertiary/aromatic N) is 3. The molecule has 0 bridgehead atoms. The number of nitriles is 1. The van der Waals surface area contributed by atoms with E-state index in [0.29, 0.717) is 11.5 Å². The Morgan fingerprint density at radius 3 is 2.68 bits per heavy atom. The van der Waals surface area contributed by atoms with Crippen LogP contribution in [-0.4, -0.2) is 9.97 Å². The highest BCUT2D eigenvalue weighted by Crippen LogP contribution is 2.24. The van der Waals surface area contributed by atoms with Crippen LogP contribution in [0.2, 0.25) is 0 Å². The van der Waals surface area contributed by atoms with E-state index in [-0.39, 0.29) is 6.04 Å². The highest BCUT2D eigenvalue weighted by atomic mass is 16.4. The fourth-order valence-corrected chi connectivity index (χ4v) is 1.95. The van der Waals surface area contributed by atoms with Crippen LogP contribution in [0.5, 0.6) is 0 Å². The van der Waals surface area contributed by atoms with E-state index in [2.05, 4.69) is 21.4 Å². The predicted octanol–water partition coefficient (Wildman–Crippen LogP) is 3.04. The molecule has 0 saturated carbocycles. The van der Waals surface area contributed by atoms with Crippen LogP contribution in [0.25, 0.3) is 0 Å². The number of anilines is 1. The highest BCUT2D eigenvalue weighted by molar-refractivity contribution is 5.60. The number of nitrogens with one attached hydrogen (secondary N) is 1. The lowest BCUT2D eigenvalue weighted by Gasteiger charge is -2.14. The van der Waals surface area contributed by atoms with Gasteiger partial charge in [0.25, 0.3) is 0 Å². The molecule has 2 aromatic heterocycles. The third-order valence-electron chi connectivity index (χ3n) is 2.82. The molecule has 0 fully saturated rings. The molecular formula is C14H16N4O. The topological polar surface area (TPSA) is 74.7 Å². The van der Waals surface area contributed by atoms with E-state index in [1.54, 1.807) is 6.20 Å². The van der Waals surface area contributed by atoms with Crippen molar-refractivity contribution in [2.75, 3.05) is 5.32 Å². The lowest BCUT2D eigenvalue weighted by Crippen LogP contribution is -2.09. The number of hydrogen-bond donors (Lipinski definition) is 1. The quantitative estimate of drug-likeness (QED) is 0.913. The summed E-state index contributed by atoms with van der Waals surface area (Å²) < 4.78 is 5.48. The molecule has 0 aliphatic rings. The Balaban J connectivity index is 2.31. The molecule has 2 aromatic rings. The van der Waals surface area contributed by atoms with Gasteiger partial charge in [-0.2, -0.15) is 5.26 Å². The van der Waals surface area contributed by atoms with Crippen LogP contribution < -0.4 is 5.32 Å². The smallest absolute Gasteiger partial charge is 0.216 e.